The van der Waals surface area contributed by atoms with E-state index in [-0.39, 0.29) is 23.8 Å². The molecular formula is C17H30N4O7S2. The number of carbonyl (C=O) groups excluding carboxylic acids is 3. The SMILES string of the molecule is CCC(C)C(NC(=O)C(CS)NC(=O)C(N)CS)C(=O)NC(CCC(=O)O)C(=O)O. The van der Waals surface area contributed by atoms with Crippen molar-refractivity contribution in [3.8, 4) is 0 Å². The molecule has 7 N–H and O–H groups in total. The highest BCUT2D eigenvalue weighted by molar-refractivity contribution is 7.80. The molecule has 3 amide bonds. The Balaban J connectivity index is 5.31. The number of rotatable bonds is 14. The van der Waals surface area contributed by atoms with E-state index in [4.69, 9.17) is 10.8 Å². The molecule has 5 unspecified atom stereocenters. The van der Waals surface area contributed by atoms with Gasteiger partial charge in [0.05, 0.1) is 6.04 Å². The number of amides is 3. The molecule has 30 heavy (non-hydrogen) atoms. The summed E-state index contributed by atoms with van der Waals surface area (Å²) in [5, 5.41) is 25.1. The molecule has 0 saturated heterocycles. The van der Waals surface area contributed by atoms with Crippen LogP contribution in [-0.4, -0.2) is 75.5 Å². The molecule has 13 heteroatoms. The van der Waals surface area contributed by atoms with E-state index in [1.54, 1.807) is 13.8 Å². The molecule has 0 aliphatic carbocycles. The van der Waals surface area contributed by atoms with Crippen molar-refractivity contribution in [1.82, 2.24) is 16.0 Å². The third kappa shape index (κ3) is 9.67. The topological polar surface area (TPSA) is 188 Å². The number of carbonyl (C=O) groups is 5. The van der Waals surface area contributed by atoms with E-state index in [1.807, 2.05) is 0 Å². The molecule has 0 bridgehead atoms. The molecule has 172 valence electrons. The number of nitrogens with one attached hydrogen (secondary N) is 3. The standard InChI is InChI=1S/C17H30N4O7S2/c1-3-8(2)13(16(26)19-10(17(27)28)4-5-12(22)23)21-15(25)11(7-30)20-14(24)9(18)6-29/h8-11,13,29-30H,3-7,18H2,1-2H3,(H,19,26)(H,20,24)(H,21,25)(H,22,23)(H,27,28). The van der Waals surface area contributed by atoms with E-state index in [1.165, 1.54) is 0 Å². The van der Waals surface area contributed by atoms with Gasteiger partial charge in [-0.25, -0.2) is 4.79 Å². The summed E-state index contributed by atoms with van der Waals surface area (Å²) in [5.41, 5.74) is 5.57. The average Bonchev–Trinajstić information content (AvgIpc) is 2.70. The van der Waals surface area contributed by atoms with Crippen LogP contribution in [-0.2, 0) is 24.0 Å². The molecule has 0 aliphatic heterocycles. The zero-order valence-corrected chi connectivity index (χ0v) is 18.6. The van der Waals surface area contributed by atoms with Gasteiger partial charge in [-0.15, -0.1) is 0 Å². The first-order valence-electron chi connectivity index (χ1n) is 9.31. The van der Waals surface area contributed by atoms with Crippen molar-refractivity contribution < 1.29 is 34.2 Å². The summed E-state index contributed by atoms with van der Waals surface area (Å²) in [6.45, 7) is 3.46. The summed E-state index contributed by atoms with van der Waals surface area (Å²) in [5.74, 6) is -5.04. The lowest BCUT2D eigenvalue weighted by molar-refractivity contribution is -0.143. The van der Waals surface area contributed by atoms with Crippen molar-refractivity contribution in [3.05, 3.63) is 0 Å². The minimum absolute atomic E-state index is 0.0670. The van der Waals surface area contributed by atoms with Crippen LogP contribution in [0.5, 0.6) is 0 Å². The summed E-state index contributed by atoms with van der Waals surface area (Å²) in [7, 11) is 0. The Kier molecular flexibility index (Phi) is 13.2. The number of nitrogens with two attached hydrogens (primary N) is 1. The van der Waals surface area contributed by atoms with Crippen molar-refractivity contribution >= 4 is 54.9 Å². The van der Waals surface area contributed by atoms with Crippen LogP contribution in [0.3, 0.4) is 0 Å². The fourth-order valence-corrected chi connectivity index (χ4v) is 2.72. The maximum absolute atomic E-state index is 12.7. The van der Waals surface area contributed by atoms with Gasteiger partial charge in [0, 0.05) is 17.9 Å². The van der Waals surface area contributed by atoms with Crippen molar-refractivity contribution in [1.29, 1.82) is 0 Å². The van der Waals surface area contributed by atoms with E-state index in [0.717, 1.165) is 0 Å². The Hall–Kier alpha value is -1.99. The van der Waals surface area contributed by atoms with Crippen LogP contribution in [0.4, 0.5) is 0 Å². The highest BCUT2D eigenvalue weighted by Crippen LogP contribution is 2.10. The minimum atomic E-state index is -1.43. The second-order valence-electron chi connectivity index (χ2n) is 6.74. The van der Waals surface area contributed by atoms with E-state index in [9.17, 15) is 29.1 Å². The van der Waals surface area contributed by atoms with Gasteiger partial charge in [0.25, 0.3) is 0 Å². The lowest BCUT2D eigenvalue weighted by Gasteiger charge is -2.27. The van der Waals surface area contributed by atoms with Gasteiger partial charge in [-0.05, 0) is 12.3 Å². The second-order valence-corrected chi connectivity index (χ2v) is 7.47. The molecule has 0 aromatic heterocycles. The van der Waals surface area contributed by atoms with E-state index < -0.39 is 60.2 Å². The predicted octanol–water partition coefficient (Wildman–Crippen LogP) is -1.38. The van der Waals surface area contributed by atoms with Crippen LogP contribution < -0.4 is 21.7 Å². The van der Waals surface area contributed by atoms with Gasteiger partial charge in [0.1, 0.15) is 18.1 Å². The Labute approximate surface area is 185 Å². The maximum atomic E-state index is 12.7. The van der Waals surface area contributed by atoms with Crippen molar-refractivity contribution in [2.24, 2.45) is 11.7 Å². The third-order valence-corrected chi connectivity index (χ3v) is 5.16. The summed E-state index contributed by atoms with van der Waals surface area (Å²) in [4.78, 5) is 59.2. The first-order chi connectivity index (χ1) is 14.0. The quantitative estimate of drug-likeness (QED) is 0.144. The van der Waals surface area contributed by atoms with Crippen LogP contribution in [0, 0.1) is 5.92 Å². The number of thiol groups is 2. The molecule has 0 aromatic carbocycles. The van der Waals surface area contributed by atoms with Crippen LogP contribution in [0.15, 0.2) is 0 Å². The third-order valence-electron chi connectivity index (χ3n) is 4.40. The monoisotopic (exact) mass is 466 g/mol. The smallest absolute Gasteiger partial charge is 0.326 e. The van der Waals surface area contributed by atoms with Gasteiger partial charge < -0.3 is 31.9 Å². The molecular weight excluding hydrogens is 436 g/mol. The number of aliphatic carboxylic acids is 2. The molecule has 11 nitrogen and oxygen atoms in total. The summed E-state index contributed by atoms with van der Waals surface area (Å²) in [6.07, 6.45) is -0.279. The largest absolute Gasteiger partial charge is 0.481 e. The molecule has 0 radical (unpaired) electrons. The minimum Gasteiger partial charge on any atom is -0.481 e. The van der Waals surface area contributed by atoms with Crippen molar-refractivity contribution in [3.63, 3.8) is 0 Å². The van der Waals surface area contributed by atoms with Crippen molar-refractivity contribution in [2.75, 3.05) is 11.5 Å². The Morgan fingerprint density at radius 2 is 1.47 bits per heavy atom. The lowest BCUT2D eigenvalue weighted by atomic mass is 9.97. The molecule has 0 heterocycles. The van der Waals surface area contributed by atoms with Gasteiger partial charge in [0.2, 0.25) is 17.7 Å². The van der Waals surface area contributed by atoms with Gasteiger partial charge in [-0.1, -0.05) is 20.3 Å². The molecule has 0 aromatic rings. The molecule has 5 atom stereocenters. The number of carboxylic acids is 2. The molecule has 0 spiro atoms. The summed E-state index contributed by atoms with van der Waals surface area (Å²) < 4.78 is 0. The highest BCUT2D eigenvalue weighted by atomic mass is 32.1. The summed E-state index contributed by atoms with van der Waals surface area (Å²) in [6, 6.07) is -4.53. The van der Waals surface area contributed by atoms with Crippen LogP contribution in [0.25, 0.3) is 0 Å². The molecule has 0 saturated carbocycles. The number of carboxylic acid groups (broad SMARTS) is 2. The predicted molar refractivity (Wildman–Crippen MR) is 115 cm³/mol. The summed E-state index contributed by atoms with van der Waals surface area (Å²) >= 11 is 7.95. The van der Waals surface area contributed by atoms with E-state index >= 15 is 0 Å². The van der Waals surface area contributed by atoms with E-state index in [0.29, 0.717) is 6.42 Å². The van der Waals surface area contributed by atoms with Gasteiger partial charge in [-0.3, -0.25) is 19.2 Å². The molecule has 0 rings (SSSR count). The molecule has 0 aliphatic rings. The lowest BCUT2D eigenvalue weighted by Crippen LogP contribution is -2.59. The van der Waals surface area contributed by atoms with Crippen LogP contribution in [0.1, 0.15) is 33.1 Å². The maximum Gasteiger partial charge on any atom is 0.326 e. The fourth-order valence-electron chi connectivity index (χ4n) is 2.30. The Morgan fingerprint density at radius 1 is 0.900 bits per heavy atom. The average molecular weight is 467 g/mol. The van der Waals surface area contributed by atoms with Gasteiger partial charge >= 0.3 is 11.9 Å². The normalized spacial score (nSPS) is 15.8. The van der Waals surface area contributed by atoms with Gasteiger partial charge in [0.15, 0.2) is 0 Å². The van der Waals surface area contributed by atoms with Crippen LogP contribution >= 0.6 is 25.3 Å². The van der Waals surface area contributed by atoms with E-state index in [2.05, 4.69) is 41.2 Å². The fraction of sp³-hybridized carbons (Fsp3) is 0.706. The second kappa shape index (κ2) is 14.1. The van der Waals surface area contributed by atoms with Crippen molar-refractivity contribution in [2.45, 2.75) is 57.3 Å². The van der Waals surface area contributed by atoms with Crippen LogP contribution in [0.2, 0.25) is 0 Å². The number of hydrogen-bond acceptors (Lipinski definition) is 8. The van der Waals surface area contributed by atoms with Gasteiger partial charge in [-0.2, -0.15) is 25.3 Å². The first kappa shape index (κ1) is 28.0. The highest BCUT2D eigenvalue weighted by Gasteiger charge is 2.32. The Morgan fingerprint density at radius 3 is 1.90 bits per heavy atom. The first-order valence-corrected chi connectivity index (χ1v) is 10.6. The number of hydrogen-bond donors (Lipinski definition) is 8. The zero-order chi connectivity index (χ0) is 23.4. The zero-order valence-electron chi connectivity index (χ0n) is 16.8. The Bertz CT molecular complexity index is 635. The molecule has 0 fully saturated rings.